The number of rotatable bonds is 3. The van der Waals surface area contributed by atoms with Crippen molar-refractivity contribution >= 4 is 11.6 Å². The Labute approximate surface area is 89.4 Å². The summed E-state index contributed by atoms with van der Waals surface area (Å²) in [5.41, 5.74) is 2.52. The quantitative estimate of drug-likeness (QED) is 0.459. The second-order valence-electron chi connectivity index (χ2n) is 2.47. The van der Waals surface area contributed by atoms with Crippen LogP contribution in [0, 0.1) is 0 Å². The molecule has 0 saturated heterocycles. The van der Waals surface area contributed by atoms with Gasteiger partial charge in [-0.2, -0.15) is 0 Å². The Balaban J connectivity index is 0.000000292. The molecule has 0 atom stereocenters. The summed E-state index contributed by atoms with van der Waals surface area (Å²) >= 11 is 5.50. The van der Waals surface area contributed by atoms with E-state index >= 15 is 0 Å². The fourth-order valence-corrected chi connectivity index (χ4v) is 0.739. The number of pyridine rings is 1. The van der Waals surface area contributed by atoms with Crippen molar-refractivity contribution in [3.63, 3.8) is 0 Å². The van der Waals surface area contributed by atoms with Gasteiger partial charge in [-0.3, -0.25) is 11.3 Å². The molecule has 0 aromatic carbocycles. The average Bonchev–Trinajstić information content (AvgIpc) is 2.21. The highest BCUT2D eigenvalue weighted by atomic mass is 35.5. The lowest BCUT2D eigenvalue weighted by Crippen LogP contribution is -2.21. The molecule has 0 bridgehead atoms. The van der Waals surface area contributed by atoms with Gasteiger partial charge in [0.1, 0.15) is 10.9 Å². The Bertz CT molecular complexity index is 226. The molecule has 0 aliphatic rings. The summed E-state index contributed by atoms with van der Waals surface area (Å²) < 4.78 is 4.85. The predicted octanol–water partition coefficient (Wildman–Crippen LogP) is 1.60. The highest BCUT2D eigenvalue weighted by Gasteiger charge is 1.88. The highest BCUT2D eigenvalue weighted by Crippen LogP contribution is 2.10. The number of hydrogen-bond donors (Lipinski definition) is 2. The van der Waals surface area contributed by atoms with Gasteiger partial charge in [-0.1, -0.05) is 18.5 Å². The summed E-state index contributed by atoms with van der Waals surface area (Å²) in [6.45, 7) is 2.99. The summed E-state index contributed by atoms with van der Waals surface area (Å²) in [5, 5.41) is 0.482. The first kappa shape index (κ1) is 13.2. The highest BCUT2D eigenvalue weighted by molar-refractivity contribution is 6.29. The van der Waals surface area contributed by atoms with Gasteiger partial charge in [-0.25, -0.2) is 4.98 Å². The fourth-order valence-electron chi connectivity index (χ4n) is 0.627. The van der Waals surface area contributed by atoms with E-state index in [9.17, 15) is 0 Å². The molecule has 1 aromatic heterocycles. The van der Waals surface area contributed by atoms with E-state index in [-0.39, 0.29) is 0 Å². The smallest absolute Gasteiger partial charge is 0.137 e. The lowest BCUT2D eigenvalue weighted by molar-refractivity contribution is 0.413. The summed E-state index contributed by atoms with van der Waals surface area (Å²) in [5.74, 6) is 5.61. The molecule has 4 nitrogen and oxygen atoms in total. The van der Waals surface area contributed by atoms with Crippen LogP contribution in [0.5, 0.6) is 5.75 Å². The van der Waals surface area contributed by atoms with Crippen molar-refractivity contribution in [2.45, 2.75) is 13.3 Å². The molecule has 1 aromatic rings. The monoisotopic (exact) mass is 217 g/mol. The van der Waals surface area contributed by atoms with E-state index in [0.717, 1.165) is 18.7 Å². The lowest BCUT2D eigenvalue weighted by Gasteiger charge is -1.95. The van der Waals surface area contributed by atoms with Gasteiger partial charge < -0.3 is 4.74 Å². The van der Waals surface area contributed by atoms with Gasteiger partial charge in [-0.15, -0.1) is 0 Å². The summed E-state index contributed by atoms with van der Waals surface area (Å²) in [6, 6.07) is 3.44. The van der Waals surface area contributed by atoms with Crippen LogP contribution in [0.2, 0.25) is 5.15 Å². The van der Waals surface area contributed by atoms with E-state index in [0.29, 0.717) is 5.15 Å². The molecule has 1 rings (SSSR count). The second kappa shape index (κ2) is 8.74. The zero-order valence-electron chi connectivity index (χ0n) is 8.46. The number of halogens is 1. The number of hydrogen-bond acceptors (Lipinski definition) is 4. The minimum atomic E-state index is 0.482. The number of ether oxygens (including phenoxy) is 1. The minimum Gasteiger partial charge on any atom is -0.495 e. The van der Waals surface area contributed by atoms with Crippen molar-refractivity contribution in [3.05, 3.63) is 23.5 Å². The molecule has 0 spiro atoms. The van der Waals surface area contributed by atoms with E-state index in [1.54, 1.807) is 25.4 Å². The van der Waals surface area contributed by atoms with Crippen molar-refractivity contribution in [2.24, 2.45) is 5.84 Å². The van der Waals surface area contributed by atoms with Crippen LogP contribution in [0.15, 0.2) is 18.3 Å². The molecular weight excluding hydrogens is 202 g/mol. The number of nitrogens with two attached hydrogens (primary N) is 1. The zero-order valence-corrected chi connectivity index (χ0v) is 9.21. The van der Waals surface area contributed by atoms with Crippen LogP contribution >= 0.6 is 11.6 Å². The summed E-state index contributed by atoms with van der Waals surface area (Å²) in [7, 11) is 1.59. The first-order valence-electron chi connectivity index (χ1n) is 4.33. The van der Waals surface area contributed by atoms with Crippen molar-refractivity contribution in [2.75, 3.05) is 13.7 Å². The van der Waals surface area contributed by atoms with Crippen LogP contribution in [0.3, 0.4) is 0 Å². The predicted molar refractivity (Wildman–Crippen MR) is 58.3 cm³/mol. The Morgan fingerprint density at radius 2 is 2.29 bits per heavy atom. The van der Waals surface area contributed by atoms with Gasteiger partial charge in [0.15, 0.2) is 0 Å². The molecule has 5 heteroatoms. The number of nitrogens with zero attached hydrogens (tertiary/aromatic N) is 1. The molecule has 0 aliphatic carbocycles. The second-order valence-corrected chi connectivity index (χ2v) is 2.86. The number of nitrogens with one attached hydrogen (secondary N) is 1. The van der Waals surface area contributed by atoms with E-state index in [1.165, 1.54) is 0 Å². The van der Waals surface area contributed by atoms with Gasteiger partial charge in [0.25, 0.3) is 0 Å². The average molecular weight is 218 g/mol. The normalized spacial score (nSPS) is 8.86. The van der Waals surface area contributed by atoms with E-state index in [4.69, 9.17) is 22.2 Å². The maximum Gasteiger partial charge on any atom is 0.137 e. The SMILES string of the molecule is CCCNN.COc1ccc(Cl)nc1. The number of hydrazine groups is 1. The Morgan fingerprint density at radius 1 is 1.57 bits per heavy atom. The first-order valence-corrected chi connectivity index (χ1v) is 4.71. The van der Waals surface area contributed by atoms with Gasteiger partial charge >= 0.3 is 0 Å². The standard InChI is InChI=1S/C6H6ClNO.C3H10N2/c1-9-5-2-3-6(7)8-4-5;1-2-3-5-4/h2-4H,1H3;5H,2-4H2,1H3. The molecule has 3 N–H and O–H groups in total. The minimum absolute atomic E-state index is 0.482. The molecule has 14 heavy (non-hydrogen) atoms. The van der Waals surface area contributed by atoms with Crippen molar-refractivity contribution in [1.82, 2.24) is 10.4 Å². The zero-order chi connectivity index (χ0) is 10.8. The van der Waals surface area contributed by atoms with Crippen LogP contribution < -0.4 is 16.0 Å². The van der Waals surface area contributed by atoms with Gasteiger partial charge in [0.05, 0.1) is 13.3 Å². The Kier molecular flexibility index (Phi) is 8.22. The van der Waals surface area contributed by atoms with E-state index < -0.39 is 0 Å². The van der Waals surface area contributed by atoms with Gasteiger partial charge in [0, 0.05) is 6.54 Å². The van der Waals surface area contributed by atoms with Crippen molar-refractivity contribution < 1.29 is 4.74 Å². The molecule has 0 amide bonds. The van der Waals surface area contributed by atoms with Crippen LogP contribution in [-0.4, -0.2) is 18.6 Å². The molecule has 0 saturated carbocycles. The van der Waals surface area contributed by atoms with E-state index in [1.807, 2.05) is 0 Å². The van der Waals surface area contributed by atoms with Gasteiger partial charge in [-0.05, 0) is 18.6 Å². The molecule has 0 fully saturated rings. The largest absolute Gasteiger partial charge is 0.495 e. The molecule has 0 radical (unpaired) electrons. The number of methoxy groups -OCH3 is 1. The van der Waals surface area contributed by atoms with Crippen molar-refractivity contribution in [1.29, 1.82) is 0 Å². The van der Waals surface area contributed by atoms with Crippen LogP contribution in [0.4, 0.5) is 0 Å². The molecule has 0 aliphatic heterocycles. The first-order chi connectivity index (χ1) is 6.74. The Morgan fingerprint density at radius 3 is 2.57 bits per heavy atom. The molecule has 0 unspecified atom stereocenters. The molecule has 1 heterocycles. The number of aromatic nitrogens is 1. The van der Waals surface area contributed by atoms with Gasteiger partial charge in [0.2, 0.25) is 0 Å². The third kappa shape index (κ3) is 6.65. The topological polar surface area (TPSA) is 60.2 Å². The third-order valence-corrected chi connectivity index (χ3v) is 1.55. The van der Waals surface area contributed by atoms with Crippen LogP contribution in [0.25, 0.3) is 0 Å². The van der Waals surface area contributed by atoms with Crippen LogP contribution in [0.1, 0.15) is 13.3 Å². The third-order valence-electron chi connectivity index (χ3n) is 1.33. The van der Waals surface area contributed by atoms with E-state index in [2.05, 4.69) is 17.3 Å². The molecule has 80 valence electrons. The maximum atomic E-state index is 5.50. The Hall–Kier alpha value is -0.840. The van der Waals surface area contributed by atoms with Crippen molar-refractivity contribution in [3.8, 4) is 5.75 Å². The maximum absolute atomic E-state index is 5.50. The molecular formula is C9H16ClN3O. The fraction of sp³-hybridized carbons (Fsp3) is 0.444. The summed E-state index contributed by atoms with van der Waals surface area (Å²) in [4.78, 5) is 3.79. The lowest BCUT2D eigenvalue weighted by atomic mass is 10.5. The van der Waals surface area contributed by atoms with Crippen LogP contribution in [-0.2, 0) is 0 Å². The summed E-state index contributed by atoms with van der Waals surface area (Å²) in [6.07, 6.45) is 2.68.